The van der Waals surface area contributed by atoms with E-state index in [4.69, 9.17) is 4.74 Å². The fourth-order valence-electron chi connectivity index (χ4n) is 4.90. The van der Waals surface area contributed by atoms with Gasteiger partial charge in [-0.2, -0.15) is 0 Å². The van der Waals surface area contributed by atoms with Crippen LogP contribution in [0.3, 0.4) is 0 Å². The number of rotatable bonds is 11. The maximum Gasteiger partial charge on any atom is 0.303 e. The number of thiophene rings is 1. The van der Waals surface area contributed by atoms with E-state index in [1.807, 2.05) is 17.8 Å². The third-order valence-electron chi connectivity index (χ3n) is 6.90. The zero-order chi connectivity index (χ0) is 24.8. The molecule has 3 heterocycles. The van der Waals surface area contributed by atoms with Crippen LogP contribution in [0, 0.1) is 11.2 Å². The number of benzene rings is 1. The summed E-state index contributed by atoms with van der Waals surface area (Å²) in [6, 6.07) is 9.15. The molecule has 0 radical (unpaired) electrons. The molecule has 2 aromatic heterocycles. The minimum atomic E-state index is -1.56. The van der Waals surface area contributed by atoms with Gasteiger partial charge in [-0.25, -0.2) is 8.78 Å². The molecule has 1 fully saturated rings. The molecule has 1 saturated heterocycles. The van der Waals surface area contributed by atoms with E-state index in [2.05, 4.69) is 21.3 Å². The number of piperidine rings is 1. The van der Waals surface area contributed by atoms with Crippen LogP contribution >= 0.6 is 23.1 Å². The van der Waals surface area contributed by atoms with Crippen LogP contribution in [0.5, 0.6) is 5.75 Å². The molecule has 1 aliphatic heterocycles. The summed E-state index contributed by atoms with van der Waals surface area (Å²) in [5, 5.41) is 12.0. The van der Waals surface area contributed by atoms with E-state index in [0.717, 1.165) is 31.6 Å². The Bertz CT molecular complexity index is 1140. The summed E-state index contributed by atoms with van der Waals surface area (Å²) in [6.45, 7) is 2.52. The van der Waals surface area contributed by atoms with Gasteiger partial charge in [-0.1, -0.05) is 6.07 Å². The standard InChI is InChI=1S/C26H30F2N2O3S2/c1-33-18-4-5-22-19(15-18)25(21(28)17-29-22)20(27)6-7-26(16-23(31)32)8-10-30(11-9-26)12-14-35-24-3-2-13-34-24/h2-5,13,15,17,20H,6-12,14,16H2,1H3,(H,31,32)/t20-/m0/s1. The SMILES string of the molecule is COc1ccc2ncc(F)c([C@@H](F)CCC3(CC(=O)O)CCN(CCSc4cccs4)CC3)c2c1. The Kier molecular flexibility index (Phi) is 8.62. The second kappa shape index (κ2) is 11.7. The number of methoxy groups -OCH3 is 1. The first-order valence-electron chi connectivity index (χ1n) is 11.8. The number of pyridine rings is 1. The maximum absolute atomic E-state index is 15.5. The van der Waals surface area contributed by atoms with Crippen LogP contribution in [0.4, 0.5) is 8.78 Å². The Morgan fingerprint density at radius 2 is 2.14 bits per heavy atom. The number of carboxylic acid groups (broad SMARTS) is 1. The van der Waals surface area contributed by atoms with Crippen molar-refractivity contribution in [3.63, 3.8) is 0 Å². The quantitative estimate of drug-likeness (QED) is 0.288. The van der Waals surface area contributed by atoms with Gasteiger partial charge in [-0.15, -0.1) is 23.1 Å². The van der Waals surface area contributed by atoms with Crippen LogP contribution < -0.4 is 4.74 Å². The van der Waals surface area contributed by atoms with E-state index in [1.54, 1.807) is 29.5 Å². The number of carbonyl (C=O) groups is 1. The van der Waals surface area contributed by atoms with Crippen molar-refractivity contribution in [1.29, 1.82) is 0 Å². The number of alkyl halides is 1. The lowest BCUT2D eigenvalue weighted by Crippen LogP contribution is -2.42. The van der Waals surface area contributed by atoms with Gasteiger partial charge in [-0.3, -0.25) is 9.78 Å². The van der Waals surface area contributed by atoms with Crippen molar-refractivity contribution < 1.29 is 23.4 Å². The zero-order valence-corrected chi connectivity index (χ0v) is 21.3. The number of aromatic nitrogens is 1. The molecule has 3 aromatic rings. The number of likely N-dealkylation sites (tertiary alicyclic amines) is 1. The second-order valence-electron chi connectivity index (χ2n) is 9.10. The summed E-state index contributed by atoms with van der Waals surface area (Å²) >= 11 is 3.56. The number of fused-ring (bicyclic) bond motifs is 1. The summed E-state index contributed by atoms with van der Waals surface area (Å²) in [5.41, 5.74) is -0.00821. The Labute approximate surface area is 212 Å². The highest BCUT2D eigenvalue weighted by Crippen LogP contribution is 2.43. The van der Waals surface area contributed by atoms with Crippen molar-refractivity contribution in [3.8, 4) is 5.75 Å². The first kappa shape index (κ1) is 25.9. The molecule has 35 heavy (non-hydrogen) atoms. The molecule has 0 bridgehead atoms. The molecule has 9 heteroatoms. The summed E-state index contributed by atoms with van der Waals surface area (Å²) in [6.07, 6.45) is 1.35. The molecule has 0 unspecified atom stereocenters. The van der Waals surface area contributed by atoms with E-state index in [1.165, 1.54) is 11.3 Å². The van der Waals surface area contributed by atoms with Crippen LogP contribution in [0.2, 0.25) is 0 Å². The van der Waals surface area contributed by atoms with Crippen LogP contribution in [0.25, 0.3) is 10.9 Å². The average molecular weight is 521 g/mol. The lowest BCUT2D eigenvalue weighted by molar-refractivity contribution is -0.141. The van der Waals surface area contributed by atoms with Crippen LogP contribution in [0.1, 0.15) is 43.8 Å². The Morgan fingerprint density at radius 3 is 2.83 bits per heavy atom. The van der Waals surface area contributed by atoms with Gasteiger partial charge < -0.3 is 14.7 Å². The number of ether oxygens (including phenoxy) is 1. The number of carboxylic acids is 1. The molecule has 0 saturated carbocycles. The number of hydrogen-bond acceptors (Lipinski definition) is 6. The van der Waals surface area contributed by atoms with Gasteiger partial charge in [0.05, 0.1) is 29.5 Å². The minimum absolute atomic E-state index is 0.00486. The number of thioether (sulfide) groups is 1. The molecule has 1 aliphatic rings. The van der Waals surface area contributed by atoms with Gasteiger partial charge in [0.25, 0.3) is 0 Å². The van der Waals surface area contributed by atoms with Crippen molar-refractivity contribution in [2.24, 2.45) is 5.41 Å². The highest BCUT2D eigenvalue weighted by atomic mass is 32.2. The topological polar surface area (TPSA) is 62.7 Å². The fourth-order valence-corrected chi connectivity index (χ4v) is 6.76. The molecule has 1 atom stereocenters. The fraction of sp³-hybridized carbons (Fsp3) is 0.462. The van der Waals surface area contributed by atoms with Crippen molar-refractivity contribution in [1.82, 2.24) is 9.88 Å². The predicted molar refractivity (Wildman–Crippen MR) is 137 cm³/mol. The van der Waals surface area contributed by atoms with Gasteiger partial charge in [0.15, 0.2) is 0 Å². The molecular weight excluding hydrogens is 490 g/mol. The minimum Gasteiger partial charge on any atom is -0.497 e. The largest absolute Gasteiger partial charge is 0.497 e. The Morgan fingerprint density at radius 1 is 1.34 bits per heavy atom. The number of halogens is 2. The first-order chi connectivity index (χ1) is 16.9. The maximum atomic E-state index is 15.5. The summed E-state index contributed by atoms with van der Waals surface area (Å²) < 4.78 is 36.8. The Hall–Kier alpha value is -2.23. The monoisotopic (exact) mass is 520 g/mol. The van der Waals surface area contributed by atoms with Gasteiger partial charge in [0.1, 0.15) is 17.7 Å². The van der Waals surface area contributed by atoms with Gasteiger partial charge >= 0.3 is 5.97 Å². The van der Waals surface area contributed by atoms with Gasteiger partial charge in [-0.05, 0) is 73.8 Å². The molecule has 1 aromatic carbocycles. The van der Waals surface area contributed by atoms with Crippen molar-refractivity contribution in [2.45, 2.75) is 42.5 Å². The van der Waals surface area contributed by atoms with E-state index in [9.17, 15) is 14.3 Å². The van der Waals surface area contributed by atoms with E-state index >= 15 is 4.39 Å². The molecule has 4 rings (SSSR count). The molecular formula is C26H30F2N2O3S2. The summed E-state index contributed by atoms with van der Waals surface area (Å²) in [5.74, 6) is -0.0714. The summed E-state index contributed by atoms with van der Waals surface area (Å²) in [7, 11) is 1.50. The van der Waals surface area contributed by atoms with Crippen LogP contribution in [-0.2, 0) is 4.79 Å². The van der Waals surface area contributed by atoms with Gasteiger partial charge in [0, 0.05) is 23.2 Å². The third kappa shape index (κ3) is 6.51. The van der Waals surface area contributed by atoms with Crippen molar-refractivity contribution in [3.05, 3.63) is 53.3 Å². The molecule has 1 N–H and O–H groups in total. The molecule has 188 valence electrons. The molecule has 0 spiro atoms. The number of aliphatic carboxylic acids is 1. The highest BCUT2D eigenvalue weighted by molar-refractivity contribution is 8.01. The third-order valence-corrected chi connectivity index (χ3v) is 9.01. The smallest absolute Gasteiger partial charge is 0.303 e. The summed E-state index contributed by atoms with van der Waals surface area (Å²) in [4.78, 5) is 18.1. The number of hydrogen-bond donors (Lipinski definition) is 1. The lowest BCUT2D eigenvalue weighted by Gasteiger charge is -2.41. The average Bonchev–Trinajstić information content (AvgIpc) is 3.36. The van der Waals surface area contributed by atoms with Crippen LogP contribution in [0.15, 0.2) is 46.1 Å². The molecule has 0 aliphatic carbocycles. The van der Waals surface area contributed by atoms with E-state index in [0.29, 0.717) is 35.9 Å². The van der Waals surface area contributed by atoms with Gasteiger partial charge in [0.2, 0.25) is 0 Å². The normalized spacial score (nSPS) is 16.9. The second-order valence-corrected chi connectivity index (χ2v) is 11.4. The lowest BCUT2D eigenvalue weighted by atomic mass is 9.71. The zero-order valence-electron chi connectivity index (χ0n) is 19.7. The first-order valence-corrected chi connectivity index (χ1v) is 13.6. The number of nitrogens with zero attached hydrogens (tertiary/aromatic N) is 2. The van der Waals surface area contributed by atoms with Crippen molar-refractivity contribution in [2.75, 3.05) is 32.5 Å². The van der Waals surface area contributed by atoms with E-state index < -0.39 is 23.4 Å². The Balaban J connectivity index is 1.40. The highest BCUT2D eigenvalue weighted by Gasteiger charge is 2.37. The van der Waals surface area contributed by atoms with Crippen molar-refractivity contribution >= 4 is 40.0 Å². The predicted octanol–water partition coefficient (Wildman–Crippen LogP) is 6.58. The van der Waals surface area contributed by atoms with E-state index in [-0.39, 0.29) is 18.4 Å². The molecule has 5 nitrogen and oxygen atoms in total. The van der Waals surface area contributed by atoms with Crippen LogP contribution in [-0.4, -0.2) is 53.5 Å². The molecule has 0 amide bonds.